The molecule has 1 aromatic heterocycles. The van der Waals surface area contributed by atoms with Gasteiger partial charge in [-0.3, -0.25) is 9.67 Å². The number of piperazine rings is 1. The Kier molecular flexibility index (Phi) is 6.17. The second-order valence-electron chi connectivity index (χ2n) is 7.39. The predicted molar refractivity (Wildman–Crippen MR) is 120 cm³/mol. The number of hydrogen-bond donors (Lipinski definition) is 2. The molecule has 0 spiro atoms. The van der Waals surface area contributed by atoms with Crippen molar-refractivity contribution in [3.8, 4) is 5.75 Å². The molecule has 2 heterocycles. The summed E-state index contributed by atoms with van der Waals surface area (Å²) in [6.07, 6.45) is 3.77. The number of aromatic nitrogens is 2. The Labute approximate surface area is 177 Å². The molecule has 3 aromatic rings. The van der Waals surface area contributed by atoms with E-state index in [9.17, 15) is 5.11 Å². The van der Waals surface area contributed by atoms with Gasteiger partial charge in [-0.05, 0) is 29.3 Å². The van der Waals surface area contributed by atoms with Gasteiger partial charge in [0.05, 0.1) is 12.2 Å². The van der Waals surface area contributed by atoms with Crippen LogP contribution >= 0.6 is 0 Å². The van der Waals surface area contributed by atoms with E-state index < -0.39 is 0 Å². The van der Waals surface area contributed by atoms with Crippen LogP contribution in [0.1, 0.15) is 11.1 Å². The van der Waals surface area contributed by atoms with Gasteiger partial charge in [0, 0.05) is 52.2 Å². The second-order valence-corrected chi connectivity index (χ2v) is 7.39. The molecule has 2 N–H and O–H groups in total. The van der Waals surface area contributed by atoms with Crippen LogP contribution in [-0.4, -0.2) is 59.0 Å². The highest BCUT2D eigenvalue weighted by Gasteiger charge is 2.21. The number of guanidine groups is 1. The van der Waals surface area contributed by atoms with Crippen LogP contribution in [0.5, 0.6) is 5.75 Å². The Bertz CT molecular complexity index is 977. The highest BCUT2D eigenvalue weighted by atomic mass is 16.3. The van der Waals surface area contributed by atoms with E-state index >= 15 is 0 Å². The van der Waals surface area contributed by atoms with Crippen LogP contribution in [0.4, 0.5) is 5.69 Å². The molecule has 1 saturated heterocycles. The Morgan fingerprint density at radius 3 is 2.57 bits per heavy atom. The molecule has 0 radical (unpaired) electrons. The molecule has 0 amide bonds. The van der Waals surface area contributed by atoms with E-state index in [1.165, 1.54) is 11.1 Å². The third-order valence-corrected chi connectivity index (χ3v) is 5.36. The Morgan fingerprint density at radius 2 is 1.83 bits per heavy atom. The largest absolute Gasteiger partial charge is 0.506 e. The summed E-state index contributed by atoms with van der Waals surface area (Å²) < 4.78 is 1.93. The van der Waals surface area contributed by atoms with Crippen molar-refractivity contribution in [2.75, 3.05) is 38.1 Å². The summed E-state index contributed by atoms with van der Waals surface area (Å²) in [6.45, 7) is 4.89. The average molecular weight is 405 g/mol. The van der Waals surface area contributed by atoms with Gasteiger partial charge in [0.2, 0.25) is 0 Å². The van der Waals surface area contributed by atoms with E-state index in [2.05, 4.69) is 49.5 Å². The lowest BCUT2D eigenvalue weighted by Gasteiger charge is -2.37. The van der Waals surface area contributed by atoms with E-state index in [-0.39, 0.29) is 0 Å². The first-order chi connectivity index (χ1) is 14.7. The first-order valence-corrected chi connectivity index (χ1v) is 10.3. The van der Waals surface area contributed by atoms with Crippen LogP contribution in [-0.2, 0) is 13.1 Å². The van der Waals surface area contributed by atoms with E-state index in [4.69, 9.17) is 0 Å². The minimum absolute atomic E-state index is 0.337. The third-order valence-electron chi connectivity index (χ3n) is 5.36. The zero-order chi connectivity index (χ0) is 20.8. The molecule has 7 heteroatoms. The van der Waals surface area contributed by atoms with Crippen LogP contribution < -0.4 is 10.2 Å². The molecule has 0 atom stereocenters. The van der Waals surface area contributed by atoms with Gasteiger partial charge < -0.3 is 20.2 Å². The van der Waals surface area contributed by atoms with Crippen molar-refractivity contribution in [1.29, 1.82) is 0 Å². The fraction of sp³-hybridized carbons (Fsp3) is 0.304. The topological polar surface area (TPSA) is 68.9 Å². The zero-order valence-corrected chi connectivity index (χ0v) is 17.3. The lowest BCUT2D eigenvalue weighted by atomic mass is 10.1. The van der Waals surface area contributed by atoms with Crippen LogP contribution in [0.2, 0.25) is 0 Å². The van der Waals surface area contributed by atoms with Crippen LogP contribution in [0.15, 0.2) is 72.0 Å². The van der Waals surface area contributed by atoms with Gasteiger partial charge in [-0.25, -0.2) is 0 Å². The molecule has 0 saturated carbocycles. The van der Waals surface area contributed by atoms with Crippen molar-refractivity contribution in [3.05, 3.63) is 78.1 Å². The van der Waals surface area contributed by atoms with Crippen molar-refractivity contribution in [2.24, 2.45) is 4.99 Å². The second kappa shape index (κ2) is 9.35. The minimum Gasteiger partial charge on any atom is -0.506 e. The smallest absolute Gasteiger partial charge is 0.194 e. The minimum atomic E-state index is 0.337. The van der Waals surface area contributed by atoms with Gasteiger partial charge >= 0.3 is 0 Å². The summed E-state index contributed by atoms with van der Waals surface area (Å²) in [4.78, 5) is 8.96. The number of nitrogens with zero attached hydrogens (tertiary/aromatic N) is 5. The summed E-state index contributed by atoms with van der Waals surface area (Å²) in [6, 6.07) is 18.0. The Balaban J connectivity index is 1.32. The number of rotatable bonds is 5. The maximum absolute atomic E-state index is 10.1. The highest BCUT2D eigenvalue weighted by molar-refractivity contribution is 5.80. The van der Waals surface area contributed by atoms with Crippen molar-refractivity contribution >= 4 is 11.6 Å². The number of anilines is 1. The first-order valence-electron chi connectivity index (χ1n) is 10.3. The summed E-state index contributed by atoms with van der Waals surface area (Å²) in [5.41, 5.74) is 3.34. The maximum atomic E-state index is 10.1. The van der Waals surface area contributed by atoms with Crippen LogP contribution in [0.3, 0.4) is 0 Å². The third kappa shape index (κ3) is 4.74. The molecule has 30 heavy (non-hydrogen) atoms. The molecule has 0 unspecified atom stereocenters. The standard InChI is InChI=1S/C23H28N6O/c1-24-23(28-14-12-27(13-15-28)21-8-2-3-9-22(21)30)25-17-19-6-4-7-20(16-19)18-29-11-5-10-26-29/h2-11,16,30H,12-15,17-18H2,1H3,(H,24,25). The van der Waals surface area contributed by atoms with Gasteiger partial charge in [0.25, 0.3) is 0 Å². The van der Waals surface area contributed by atoms with Gasteiger partial charge in [-0.15, -0.1) is 0 Å². The Hall–Kier alpha value is -3.48. The molecule has 4 rings (SSSR count). The molecular weight excluding hydrogens is 376 g/mol. The molecule has 1 aliphatic rings. The zero-order valence-electron chi connectivity index (χ0n) is 17.3. The molecule has 0 bridgehead atoms. The summed E-state index contributed by atoms with van der Waals surface area (Å²) in [5, 5.41) is 17.9. The maximum Gasteiger partial charge on any atom is 0.194 e. The fourth-order valence-corrected chi connectivity index (χ4v) is 3.82. The average Bonchev–Trinajstić information content (AvgIpc) is 3.28. The van der Waals surface area contributed by atoms with E-state index in [1.54, 1.807) is 12.3 Å². The molecule has 1 fully saturated rings. The fourth-order valence-electron chi connectivity index (χ4n) is 3.82. The predicted octanol–water partition coefficient (Wildman–Crippen LogP) is 2.53. The number of hydrogen-bond acceptors (Lipinski definition) is 4. The number of nitrogens with one attached hydrogen (secondary N) is 1. The summed E-state index contributed by atoms with van der Waals surface area (Å²) >= 11 is 0. The number of aliphatic imine (C=N–C) groups is 1. The monoisotopic (exact) mass is 404 g/mol. The highest BCUT2D eigenvalue weighted by Crippen LogP contribution is 2.27. The molecular formula is C23H28N6O. The molecule has 7 nitrogen and oxygen atoms in total. The van der Waals surface area contributed by atoms with Crippen LogP contribution in [0.25, 0.3) is 0 Å². The molecule has 2 aromatic carbocycles. The van der Waals surface area contributed by atoms with Gasteiger partial charge in [-0.1, -0.05) is 36.4 Å². The van der Waals surface area contributed by atoms with Crippen molar-refractivity contribution in [2.45, 2.75) is 13.1 Å². The van der Waals surface area contributed by atoms with Crippen molar-refractivity contribution < 1.29 is 5.11 Å². The van der Waals surface area contributed by atoms with E-state index in [1.807, 2.05) is 42.2 Å². The molecule has 1 aliphatic heterocycles. The van der Waals surface area contributed by atoms with E-state index in [0.717, 1.165) is 50.9 Å². The summed E-state index contributed by atoms with van der Waals surface area (Å²) in [5.74, 6) is 1.24. The van der Waals surface area contributed by atoms with Gasteiger partial charge in [-0.2, -0.15) is 5.10 Å². The number of phenolic OH excluding ortho intramolecular Hbond substituents is 1. The number of phenols is 1. The van der Waals surface area contributed by atoms with Crippen molar-refractivity contribution in [1.82, 2.24) is 20.0 Å². The number of para-hydroxylation sites is 2. The normalized spacial score (nSPS) is 14.8. The van der Waals surface area contributed by atoms with Gasteiger partial charge in [0.1, 0.15) is 5.75 Å². The Morgan fingerprint density at radius 1 is 1.03 bits per heavy atom. The van der Waals surface area contributed by atoms with Crippen molar-refractivity contribution in [3.63, 3.8) is 0 Å². The van der Waals surface area contributed by atoms with Crippen LogP contribution in [0, 0.1) is 0 Å². The molecule has 156 valence electrons. The van der Waals surface area contributed by atoms with Gasteiger partial charge in [0.15, 0.2) is 5.96 Å². The number of benzene rings is 2. The summed E-state index contributed by atoms with van der Waals surface area (Å²) in [7, 11) is 1.83. The molecule has 0 aliphatic carbocycles. The number of aromatic hydroxyl groups is 1. The SMILES string of the molecule is CN=C(NCc1cccc(Cn2cccn2)c1)N1CCN(c2ccccc2O)CC1. The first kappa shape index (κ1) is 19.8. The lowest BCUT2D eigenvalue weighted by Crippen LogP contribution is -2.52. The van der Waals surface area contributed by atoms with E-state index in [0.29, 0.717) is 5.75 Å². The lowest BCUT2D eigenvalue weighted by molar-refractivity contribution is 0.369. The quantitative estimate of drug-likeness (QED) is 0.505.